The van der Waals surface area contributed by atoms with E-state index in [-0.39, 0.29) is 25.7 Å². The minimum atomic E-state index is -0.823. The third kappa shape index (κ3) is 2.57. The van der Waals surface area contributed by atoms with Gasteiger partial charge in [0.15, 0.2) is 6.61 Å². The average Bonchev–Trinajstić information content (AvgIpc) is 2.44. The largest absolute Gasteiger partial charge is 0.481 e. The summed E-state index contributed by atoms with van der Waals surface area (Å²) < 4.78 is 5.50. The number of aliphatic hydroxyl groups is 2. The Bertz CT molecular complexity index is 543. The Balaban J connectivity index is 2.40. The summed E-state index contributed by atoms with van der Waals surface area (Å²) in [6, 6.07) is 0. The van der Waals surface area contributed by atoms with E-state index in [2.05, 4.69) is 10.6 Å². The lowest BCUT2D eigenvalue weighted by molar-refractivity contribution is -0.118. The van der Waals surface area contributed by atoms with E-state index >= 15 is 0 Å². The van der Waals surface area contributed by atoms with Gasteiger partial charge in [-0.3, -0.25) is 4.79 Å². The summed E-state index contributed by atoms with van der Waals surface area (Å²) in [6.07, 6.45) is -0.823. The van der Waals surface area contributed by atoms with Crippen LogP contribution in [0.15, 0.2) is 0 Å². The number of rotatable bonds is 4. The van der Waals surface area contributed by atoms with Crippen LogP contribution < -0.4 is 15.4 Å². The minimum absolute atomic E-state index is 0.0305. The van der Waals surface area contributed by atoms with Crippen molar-refractivity contribution in [3.8, 4) is 5.75 Å². The van der Waals surface area contributed by atoms with E-state index in [1.54, 1.807) is 0 Å². The number of benzene rings is 1. The monoisotopic (exact) mass is 280 g/mol. The Kier molecular flexibility index (Phi) is 4.15. The van der Waals surface area contributed by atoms with Crippen molar-refractivity contribution < 1.29 is 19.7 Å². The Morgan fingerprint density at radius 2 is 2.00 bits per heavy atom. The fourth-order valence-corrected chi connectivity index (χ4v) is 2.32. The number of carbonyl (C=O) groups excluding carboxylic acids is 1. The SMILES string of the molecule is Cc1c(C)c2c(c(C)c1NCC(O)CO)NC(=O)CO2. The molecule has 4 N–H and O–H groups in total. The van der Waals surface area contributed by atoms with Gasteiger partial charge in [0.2, 0.25) is 0 Å². The predicted octanol–water partition coefficient (Wildman–Crippen LogP) is 0.708. The molecule has 0 saturated carbocycles. The molecular formula is C14H20N2O4. The van der Waals surface area contributed by atoms with Crippen LogP contribution in [-0.2, 0) is 4.79 Å². The van der Waals surface area contributed by atoms with Crippen molar-refractivity contribution in [1.82, 2.24) is 0 Å². The molecule has 1 unspecified atom stereocenters. The van der Waals surface area contributed by atoms with Crippen LogP contribution in [0.25, 0.3) is 0 Å². The number of anilines is 2. The van der Waals surface area contributed by atoms with Crippen molar-refractivity contribution >= 4 is 17.3 Å². The number of ether oxygens (including phenoxy) is 1. The molecule has 2 rings (SSSR count). The van der Waals surface area contributed by atoms with E-state index in [9.17, 15) is 9.90 Å². The van der Waals surface area contributed by atoms with Gasteiger partial charge in [0.25, 0.3) is 5.91 Å². The van der Waals surface area contributed by atoms with E-state index < -0.39 is 6.10 Å². The highest BCUT2D eigenvalue weighted by molar-refractivity contribution is 5.98. The van der Waals surface area contributed by atoms with Crippen LogP contribution in [0.2, 0.25) is 0 Å². The van der Waals surface area contributed by atoms with Gasteiger partial charge < -0.3 is 25.6 Å². The summed E-state index contributed by atoms with van der Waals surface area (Å²) in [4.78, 5) is 11.5. The summed E-state index contributed by atoms with van der Waals surface area (Å²) in [5.74, 6) is 0.526. The van der Waals surface area contributed by atoms with Crippen molar-refractivity contribution in [3.05, 3.63) is 16.7 Å². The van der Waals surface area contributed by atoms with E-state index in [1.165, 1.54) is 0 Å². The molecule has 1 aliphatic heterocycles. The number of fused-ring (bicyclic) bond motifs is 1. The van der Waals surface area contributed by atoms with Crippen molar-refractivity contribution in [2.45, 2.75) is 26.9 Å². The minimum Gasteiger partial charge on any atom is -0.481 e. The molecule has 1 amide bonds. The zero-order chi connectivity index (χ0) is 14.9. The first-order valence-corrected chi connectivity index (χ1v) is 6.54. The van der Waals surface area contributed by atoms with Crippen LogP contribution in [0.1, 0.15) is 16.7 Å². The summed E-state index contributed by atoms with van der Waals surface area (Å²) in [5.41, 5.74) is 4.33. The lowest BCUT2D eigenvalue weighted by Gasteiger charge is -2.26. The van der Waals surface area contributed by atoms with Crippen molar-refractivity contribution in [2.24, 2.45) is 0 Å². The normalized spacial score (nSPS) is 15.2. The van der Waals surface area contributed by atoms with Crippen molar-refractivity contribution in [1.29, 1.82) is 0 Å². The highest BCUT2D eigenvalue weighted by Crippen LogP contribution is 2.41. The first-order chi connectivity index (χ1) is 9.45. The van der Waals surface area contributed by atoms with Crippen molar-refractivity contribution in [2.75, 3.05) is 30.4 Å². The topological polar surface area (TPSA) is 90.8 Å². The molecule has 6 heteroatoms. The van der Waals surface area contributed by atoms with Crippen LogP contribution in [0, 0.1) is 20.8 Å². The average molecular weight is 280 g/mol. The lowest BCUT2D eigenvalue weighted by atomic mass is 9.99. The maximum atomic E-state index is 11.5. The highest BCUT2D eigenvalue weighted by atomic mass is 16.5. The molecule has 1 aliphatic rings. The molecule has 0 aliphatic carbocycles. The zero-order valence-corrected chi connectivity index (χ0v) is 11.9. The molecule has 6 nitrogen and oxygen atoms in total. The predicted molar refractivity (Wildman–Crippen MR) is 76.4 cm³/mol. The van der Waals surface area contributed by atoms with Crippen LogP contribution in [-0.4, -0.2) is 42.0 Å². The molecule has 0 fully saturated rings. The Hall–Kier alpha value is -1.79. The summed E-state index contributed by atoms with van der Waals surface area (Å²) in [6.45, 7) is 5.74. The number of hydrogen-bond acceptors (Lipinski definition) is 5. The molecule has 0 bridgehead atoms. The van der Waals surface area contributed by atoms with Gasteiger partial charge in [-0.1, -0.05) is 0 Å². The van der Waals surface area contributed by atoms with Gasteiger partial charge in [-0.2, -0.15) is 0 Å². The maximum Gasteiger partial charge on any atom is 0.262 e. The third-order valence-electron chi connectivity index (χ3n) is 3.59. The maximum absolute atomic E-state index is 11.5. The Labute approximate surface area is 117 Å². The van der Waals surface area contributed by atoms with Gasteiger partial charge in [-0.15, -0.1) is 0 Å². The fourth-order valence-electron chi connectivity index (χ4n) is 2.32. The van der Waals surface area contributed by atoms with Crippen LogP contribution in [0.5, 0.6) is 5.75 Å². The van der Waals surface area contributed by atoms with Gasteiger partial charge in [-0.05, 0) is 37.5 Å². The second-order valence-electron chi connectivity index (χ2n) is 5.01. The van der Waals surface area contributed by atoms with Gasteiger partial charge in [0.1, 0.15) is 5.75 Å². The zero-order valence-electron chi connectivity index (χ0n) is 11.9. The molecule has 1 atom stereocenters. The smallest absolute Gasteiger partial charge is 0.262 e. The molecular weight excluding hydrogens is 260 g/mol. The summed E-state index contributed by atoms with van der Waals surface area (Å²) in [5, 5.41) is 24.3. The van der Waals surface area contributed by atoms with E-state index in [4.69, 9.17) is 9.84 Å². The molecule has 110 valence electrons. The second kappa shape index (κ2) is 5.68. The number of amides is 1. The number of aliphatic hydroxyl groups excluding tert-OH is 2. The summed E-state index contributed by atoms with van der Waals surface area (Å²) in [7, 11) is 0. The van der Waals surface area contributed by atoms with Crippen LogP contribution >= 0.6 is 0 Å². The van der Waals surface area contributed by atoms with Gasteiger partial charge in [0.05, 0.1) is 18.4 Å². The molecule has 0 radical (unpaired) electrons. The number of nitrogens with one attached hydrogen (secondary N) is 2. The fraction of sp³-hybridized carbons (Fsp3) is 0.500. The lowest BCUT2D eigenvalue weighted by Crippen LogP contribution is -2.28. The highest BCUT2D eigenvalue weighted by Gasteiger charge is 2.24. The first kappa shape index (κ1) is 14.6. The quantitative estimate of drug-likeness (QED) is 0.652. The standard InChI is InChI=1S/C14H20N2O4/c1-7-8(2)14-13(16-11(19)6-20-14)9(3)12(7)15-4-10(18)5-17/h10,15,17-18H,4-6H2,1-3H3,(H,16,19). The molecule has 0 spiro atoms. The molecule has 0 aromatic heterocycles. The van der Waals surface area contributed by atoms with E-state index in [0.29, 0.717) is 11.4 Å². The second-order valence-corrected chi connectivity index (χ2v) is 5.01. The van der Waals surface area contributed by atoms with Gasteiger partial charge in [0, 0.05) is 12.2 Å². The molecule has 1 aromatic carbocycles. The van der Waals surface area contributed by atoms with Gasteiger partial charge in [-0.25, -0.2) is 0 Å². The van der Waals surface area contributed by atoms with E-state index in [0.717, 1.165) is 22.4 Å². The molecule has 0 saturated heterocycles. The number of carbonyl (C=O) groups is 1. The summed E-state index contributed by atoms with van der Waals surface area (Å²) >= 11 is 0. The van der Waals surface area contributed by atoms with Crippen LogP contribution in [0.4, 0.5) is 11.4 Å². The van der Waals surface area contributed by atoms with Gasteiger partial charge >= 0.3 is 0 Å². The molecule has 1 aromatic rings. The first-order valence-electron chi connectivity index (χ1n) is 6.54. The molecule has 20 heavy (non-hydrogen) atoms. The molecule has 1 heterocycles. The van der Waals surface area contributed by atoms with E-state index in [1.807, 2.05) is 20.8 Å². The number of hydrogen-bond donors (Lipinski definition) is 4. The third-order valence-corrected chi connectivity index (χ3v) is 3.59. The van der Waals surface area contributed by atoms with Crippen LogP contribution in [0.3, 0.4) is 0 Å². The van der Waals surface area contributed by atoms with Crippen molar-refractivity contribution in [3.63, 3.8) is 0 Å². The Morgan fingerprint density at radius 3 is 2.65 bits per heavy atom. The Morgan fingerprint density at radius 1 is 1.30 bits per heavy atom.